The van der Waals surface area contributed by atoms with Gasteiger partial charge in [-0.15, -0.1) is 0 Å². The number of carbonyl (C=O) groups excluding carboxylic acids is 1. The van der Waals surface area contributed by atoms with Gasteiger partial charge >= 0.3 is 0 Å². The molecule has 2 saturated heterocycles. The summed E-state index contributed by atoms with van der Waals surface area (Å²) in [4.78, 5) is 13.0. The van der Waals surface area contributed by atoms with E-state index in [1.807, 2.05) is 32.6 Å². The van der Waals surface area contributed by atoms with Gasteiger partial charge < -0.3 is 9.64 Å². The normalized spacial score (nSPS) is 31.3. The van der Waals surface area contributed by atoms with Crippen LogP contribution in [0.5, 0.6) is 0 Å². The molecule has 2 fully saturated rings. The smallest absolute Gasteiger partial charge is 0.219 e. The average molecular weight is 215 g/mol. The molecule has 2 rings (SSSR count). The molecular weight excluding hydrogens is 190 g/mol. The summed E-state index contributed by atoms with van der Waals surface area (Å²) in [5.41, 5.74) is -0.0314. The molecular formula is C12H25NO2. The SMILES string of the molecule is CC.CC.CC(=O)N1CC2(C)CC1CO2. The maximum atomic E-state index is 11.0. The van der Waals surface area contributed by atoms with Crippen LogP contribution >= 0.6 is 0 Å². The van der Waals surface area contributed by atoms with E-state index in [-0.39, 0.29) is 11.5 Å². The third-order valence-corrected chi connectivity index (χ3v) is 2.64. The summed E-state index contributed by atoms with van der Waals surface area (Å²) in [6.07, 6.45) is 1.02. The molecule has 0 N–H and O–H groups in total. The number of likely N-dealkylation sites (tertiary alicyclic amines) is 1. The first-order valence-corrected chi connectivity index (χ1v) is 6.02. The molecule has 2 heterocycles. The highest BCUT2D eigenvalue weighted by Gasteiger charge is 2.48. The van der Waals surface area contributed by atoms with Crippen LogP contribution in [0.4, 0.5) is 0 Å². The molecule has 15 heavy (non-hydrogen) atoms. The van der Waals surface area contributed by atoms with Crippen LogP contribution < -0.4 is 0 Å². The molecule has 3 nitrogen and oxygen atoms in total. The predicted octanol–water partition coefficient (Wildman–Crippen LogP) is 2.45. The number of rotatable bonds is 0. The lowest BCUT2D eigenvalue weighted by molar-refractivity contribution is -0.135. The fraction of sp³-hybridized carbons (Fsp3) is 0.917. The van der Waals surface area contributed by atoms with Gasteiger partial charge in [0.05, 0.1) is 18.2 Å². The van der Waals surface area contributed by atoms with Crippen molar-refractivity contribution < 1.29 is 9.53 Å². The van der Waals surface area contributed by atoms with E-state index in [1.165, 1.54) is 0 Å². The Labute approximate surface area is 93.8 Å². The van der Waals surface area contributed by atoms with Gasteiger partial charge in [0, 0.05) is 19.9 Å². The molecule has 0 aromatic heterocycles. The summed E-state index contributed by atoms with van der Waals surface area (Å²) < 4.78 is 5.53. The molecule has 2 atom stereocenters. The molecule has 0 aromatic carbocycles. The summed E-state index contributed by atoms with van der Waals surface area (Å²) in [6, 6.07) is 0.359. The van der Waals surface area contributed by atoms with Gasteiger partial charge in [-0.25, -0.2) is 0 Å². The number of fused-ring (bicyclic) bond motifs is 2. The molecule has 3 heteroatoms. The zero-order valence-electron chi connectivity index (χ0n) is 11.0. The van der Waals surface area contributed by atoms with E-state index in [0.29, 0.717) is 6.04 Å². The minimum Gasteiger partial charge on any atom is -0.371 e. The van der Waals surface area contributed by atoms with Gasteiger partial charge in [-0.3, -0.25) is 4.79 Å². The largest absolute Gasteiger partial charge is 0.371 e. The molecule has 0 spiro atoms. The Morgan fingerprint density at radius 2 is 1.87 bits per heavy atom. The van der Waals surface area contributed by atoms with E-state index in [1.54, 1.807) is 6.92 Å². The zero-order chi connectivity index (χ0) is 12.1. The lowest BCUT2D eigenvalue weighted by Crippen LogP contribution is -2.43. The number of morpholine rings is 1. The first kappa shape index (κ1) is 14.4. The summed E-state index contributed by atoms with van der Waals surface area (Å²) in [6.45, 7) is 13.2. The number of hydrogen-bond acceptors (Lipinski definition) is 2. The van der Waals surface area contributed by atoms with Crippen molar-refractivity contribution in [1.29, 1.82) is 0 Å². The van der Waals surface area contributed by atoms with Gasteiger partial charge in [-0.05, 0) is 6.92 Å². The highest BCUT2D eigenvalue weighted by atomic mass is 16.5. The van der Waals surface area contributed by atoms with Crippen LogP contribution in [0.15, 0.2) is 0 Å². The van der Waals surface area contributed by atoms with E-state index in [0.717, 1.165) is 19.6 Å². The molecule has 90 valence electrons. The molecule has 0 radical (unpaired) electrons. The highest BCUT2D eigenvalue weighted by molar-refractivity contribution is 5.74. The third kappa shape index (κ3) is 3.20. The minimum absolute atomic E-state index is 0.0314. The van der Waals surface area contributed by atoms with Crippen molar-refractivity contribution >= 4 is 5.91 Å². The number of carbonyl (C=O) groups is 1. The van der Waals surface area contributed by atoms with Gasteiger partial charge in [0.2, 0.25) is 5.91 Å². The molecule has 2 unspecified atom stereocenters. The Kier molecular flexibility index (Phi) is 5.88. The summed E-state index contributed by atoms with van der Waals surface area (Å²) in [7, 11) is 0. The average Bonchev–Trinajstić information content (AvgIpc) is 2.79. The van der Waals surface area contributed by atoms with Crippen LogP contribution in [0.3, 0.4) is 0 Å². The van der Waals surface area contributed by atoms with Crippen molar-refractivity contribution in [3.8, 4) is 0 Å². The second kappa shape index (κ2) is 6.11. The van der Waals surface area contributed by atoms with Crippen molar-refractivity contribution in [1.82, 2.24) is 4.90 Å². The van der Waals surface area contributed by atoms with Crippen molar-refractivity contribution in [3.05, 3.63) is 0 Å². The topological polar surface area (TPSA) is 29.5 Å². The van der Waals surface area contributed by atoms with E-state index < -0.39 is 0 Å². The molecule has 1 amide bonds. The highest BCUT2D eigenvalue weighted by Crippen LogP contribution is 2.36. The van der Waals surface area contributed by atoms with Crippen LogP contribution in [0, 0.1) is 0 Å². The number of nitrogens with zero attached hydrogens (tertiary/aromatic N) is 1. The van der Waals surface area contributed by atoms with E-state index >= 15 is 0 Å². The fourth-order valence-corrected chi connectivity index (χ4v) is 2.08. The van der Waals surface area contributed by atoms with Crippen molar-refractivity contribution in [2.75, 3.05) is 13.2 Å². The maximum absolute atomic E-state index is 11.0. The zero-order valence-corrected chi connectivity index (χ0v) is 11.0. The number of hydrogen-bond donors (Lipinski definition) is 0. The Hall–Kier alpha value is -0.570. The van der Waals surface area contributed by atoms with Crippen LogP contribution in [0.1, 0.15) is 48.0 Å². The lowest BCUT2D eigenvalue weighted by Gasteiger charge is -2.29. The second-order valence-corrected chi connectivity index (χ2v) is 3.77. The minimum atomic E-state index is -0.0314. The molecule has 0 saturated carbocycles. The van der Waals surface area contributed by atoms with Crippen LogP contribution in [0.25, 0.3) is 0 Å². The molecule has 2 aliphatic rings. The van der Waals surface area contributed by atoms with Gasteiger partial charge in [0.25, 0.3) is 0 Å². The predicted molar refractivity (Wildman–Crippen MR) is 62.8 cm³/mol. The molecule has 0 aliphatic carbocycles. The summed E-state index contributed by atoms with van der Waals surface area (Å²) >= 11 is 0. The van der Waals surface area contributed by atoms with Gasteiger partial charge in [0.1, 0.15) is 0 Å². The molecule has 2 aliphatic heterocycles. The maximum Gasteiger partial charge on any atom is 0.219 e. The van der Waals surface area contributed by atoms with E-state index in [2.05, 4.69) is 6.92 Å². The van der Waals surface area contributed by atoms with Gasteiger partial charge in [0.15, 0.2) is 0 Å². The Morgan fingerprint density at radius 3 is 2.07 bits per heavy atom. The third-order valence-electron chi connectivity index (χ3n) is 2.64. The first-order chi connectivity index (χ1) is 7.11. The Morgan fingerprint density at radius 1 is 1.33 bits per heavy atom. The monoisotopic (exact) mass is 215 g/mol. The molecule has 0 aromatic rings. The van der Waals surface area contributed by atoms with E-state index in [9.17, 15) is 4.79 Å². The Bertz CT molecular complexity index is 206. The summed E-state index contributed by atoms with van der Waals surface area (Å²) in [5.74, 6) is 0.182. The number of amides is 1. The summed E-state index contributed by atoms with van der Waals surface area (Å²) in [5, 5.41) is 0. The second-order valence-electron chi connectivity index (χ2n) is 3.77. The Balaban J connectivity index is 0.000000442. The van der Waals surface area contributed by atoms with Crippen LogP contribution in [0.2, 0.25) is 0 Å². The number of ether oxygens (including phenoxy) is 1. The van der Waals surface area contributed by atoms with Crippen molar-refractivity contribution in [3.63, 3.8) is 0 Å². The van der Waals surface area contributed by atoms with Gasteiger partial charge in [-0.2, -0.15) is 0 Å². The van der Waals surface area contributed by atoms with E-state index in [4.69, 9.17) is 4.74 Å². The van der Waals surface area contributed by atoms with Crippen LogP contribution in [-0.4, -0.2) is 35.6 Å². The standard InChI is InChI=1S/C8H13NO2.2C2H6/c1-6(10)9-5-8(2)3-7(9)4-11-8;2*1-2/h7H,3-5H2,1-2H3;2*1-2H3. The molecule has 2 bridgehead atoms. The quantitative estimate of drug-likeness (QED) is 0.621. The van der Waals surface area contributed by atoms with Gasteiger partial charge in [-0.1, -0.05) is 27.7 Å². The lowest BCUT2D eigenvalue weighted by atomic mass is 10.1. The van der Waals surface area contributed by atoms with Crippen LogP contribution in [-0.2, 0) is 9.53 Å². The van der Waals surface area contributed by atoms with Crippen molar-refractivity contribution in [2.24, 2.45) is 0 Å². The fourth-order valence-electron chi connectivity index (χ4n) is 2.08. The van der Waals surface area contributed by atoms with Crippen molar-refractivity contribution in [2.45, 2.75) is 59.6 Å². The first-order valence-electron chi connectivity index (χ1n) is 6.02.